The Hall–Kier alpha value is -1.90. The number of rotatable bonds is 2. The van der Waals surface area contributed by atoms with Crippen molar-refractivity contribution in [2.75, 3.05) is 13.1 Å². The molecule has 0 radical (unpaired) electrons. The standard InChI is InChI=1S/C20H21NO/c22-17-8-5-11-21(13-17)14-20-18-9-3-1-6-15(18)12-16-7-2-4-10-19(16)20/h1-4,6-7,9-10,12,17,22H,5,8,11,13-14H2/p+1/t17-/m1/s1. The fourth-order valence-corrected chi connectivity index (χ4v) is 3.83. The minimum absolute atomic E-state index is 0.134. The molecule has 112 valence electrons. The van der Waals surface area contributed by atoms with Crippen LogP contribution in [-0.4, -0.2) is 24.3 Å². The number of hydrogen-bond donors (Lipinski definition) is 2. The third kappa shape index (κ3) is 2.49. The van der Waals surface area contributed by atoms with Gasteiger partial charge in [-0.1, -0.05) is 48.5 Å². The van der Waals surface area contributed by atoms with Gasteiger partial charge in [0.25, 0.3) is 0 Å². The Labute approximate surface area is 131 Å². The van der Waals surface area contributed by atoms with Crippen LogP contribution in [0.5, 0.6) is 0 Å². The van der Waals surface area contributed by atoms with E-state index in [0.717, 1.165) is 32.5 Å². The number of nitrogens with one attached hydrogen (secondary N) is 1. The first-order valence-corrected chi connectivity index (χ1v) is 8.22. The molecule has 1 unspecified atom stereocenters. The van der Waals surface area contributed by atoms with Crippen LogP contribution in [0.1, 0.15) is 18.4 Å². The van der Waals surface area contributed by atoms with E-state index in [0.29, 0.717) is 0 Å². The molecule has 1 aliphatic heterocycles. The van der Waals surface area contributed by atoms with Gasteiger partial charge in [0.05, 0.1) is 6.54 Å². The van der Waals surface area contributed by atoms with E-state index in [2.05, 4.69) is 54.6 Å². The molecule has 3 aromatic carbocycles. The minimum Gasteiger partial charge on any atom is -0.387 e. The molecule has 1 saturated heterocycles. The maximum Gasteiger partial charge on any atom is 0.104 e. The third-order valence-corrected chi connectivity index (χ3v) is 4.90. The average Bonchev–Trinajstić information content (AvgIpc) is 2.55. The van der Waals surface area contributed by atoms with Crippen molar-refractivity contribution in [2.45, 2.75) is 25.5 Å². The molecule has 1 aliphatic rings. The summed E-state index contributed by atoms with van der Waals surface area (Å²) in [6.45, 7) is 3.03. The van der Waals surface area contributed by atoms with Gasteiger partial charge < -0.3 is 10.0 Å². The lowest BCUT2D eigenvalue weighted by Gasteiger charge is -2.28. The molecule has 2 atom stereocenters. The molecule has 1 heterocycles. The Morgan fingerprint density at radius 1 is 0.955 bits per heavy atom. The molecule has 0 saturated carbocycles. The van der Waals surface area contributed by atoms with E-state index in [4.69, 9.17) is 0 Å². The number of aliphatic hydroxyl groups is 1. The highest BCUT2D eigenvalue weighted by molar-refractivity contribution is 6.02. The first kappa shape index (κ1) is 13.7. The second kappa shape index (κ2) is 5.71. The highest BCUT2D eigenvalue weighted by Crippen LogP contribution is 2.28. The van der Waals surface area contributed by atoms with Crippen molar-refractivity contribution >= 4 is 21.5 Å². The summed E-state index contributed by atoms with van der Waals surface area (Å²) in [4.78, 5) is 1.50. The molecule has 2 nitrogen and oxygen atoms in total. The van der Waals surface area contributed by atoms with Gasteiger partial charge in [0.15, 0.2) is 0 Å². The highest BCUT2D eigenvalue weighted by Gasteiger charge is 2.22. The predicted molar refractivity (Wildman–Crippen MR) is 91.1 cm³/mol. The van der Waals surface area contributed by atoms with E-state index in [-0.39, 0.29) is 6.10 Å². The lowest BCUT2D eigenvalue weighted by molar-refractivity contribution is -0.921. The van der Waals surface area contributed by atoms with E-state index in [1.807, 2.05) is 0 Å². The summed E-state index contributed by atoms with van der Waals surface area (Å²) in [5.74, 6) is 0. The normalized spacial score (nSPS) is 22.2. The van der Waals surface area contributed by atoms with Gasteiger partial charge in [-0.15, -0.1) is 0 Å². The fraction of sp³-hybridized carbons (Fsp3) is 0.300. The van der Waals surface area contributed by atoms with Gasteiger partial charge in [-0.05, 0) is 40.5 Å². The molecule has 0 amide bonds. The maximum atomic E-state index is 9.96. The second-order valence-corrected chi connectivity index (χ2v) is 6.47. The summed E-state index contributed by atoms with van der Waals surface area (Å²) < 4.78 is 0. The molecule has 0 bridgehead atoms. The largest absolute Gasteiger partial charge is 0.387 e. The number of fused-ring (bicyclic) bond motifs is 2. The Morgan fingerprint density at radius 2 is 1.59 bits per heavy atom. The molecule has 4 rings (SSSR count). The van der Waals surface area contributed by atoms with Crippen LogP contribution in [0, 0.1) is 0 Å². The van der Waals surface area contributed by atoms with Gasteiger partial charge in [-0.25, -0.2) is 0 Å². The molecule has 0 spiro atoms. The van der Waals surface area contributed by atoms with Crippen LogP contribution < -0.4 is 4.90 Å². The van der Waals surface area contributed by atoms with Crippen molar-refractivity contribution in [2.24, 2.45) is 0 Å². The summed E-state index contributed by atoms with van der Waals surface area (Å²) in [6.07, 6.45) is 1.95. The highest BCUT2D eigenvalue weighted by atomic mass is 16.3. The molecular weight excluding hydrogens is 270 g/mol. The molecule has 22 heavy (non-hydrogen) atoms. The number of hydrogen-bond acceptors (Lipinski definition) is 1. The second-order valence-electron chi connectivity index (χ2n) is 6.47. The van der Waals surface area contributed by atoms with Gasteiger partial charge in [0, 0.05) is 5.56 Å². The topological polar surface area (TPSA) is 24.7 Å². The smallest absolute Gasteiger partial charge is 0.104 e. The summed E-state index contributed by atoms with van der Waals surface area (Å²) >= 11 is 0. The quantitative estimate of drug-likeness (QED) is 0.697. The van der Waals surface area contributed by atoms with Crippen LogP contribution in [0.4, 0.5) is 0 Å². The molecule has 3 aromatic rings. The van der Waals surface area contributed by atoms with Crippen molar-refractivity contribution in [3.05, 3.63) is 60.2 Å². The van der Waals surface area contributed by atoms with Crippen LogP contribution in [0.15, 0.2) is 54.6 Å². The van der Waals surface area contributed by atoms with E-state index >= 15 is 0 Å². The Kier molecular flexibility index (Phi) is 3.57. The van der Waals surface area contributed by atoms with Crippen LogP contribution in [0.3, 0.4) is 0 Å². The lowest BCUT2D eigenvalue weighted by atomic mass is 9.96. The first-order chi connectivity index (χ1) is 10.8. The van der Waals surface area contributed by atoms with Crippen LogP contribution in [0.2, 0.25) is 0 Å². The number of likely N-dealkylation sites (tertiary alicyclic amines) is 1. The SMILES string of the molecule is O[C@@H]1CCC[NH+](Cc2c3ccccc3cc3ccccc23)C1. The third-order valence-electron chi connectivity index (χ3n) is 4.90. The molecule has 2 N–H and O–H groups in total. The Balaban J connectivity index is 1.85. The minimum atomic E-state index is -0.134. The molecule has 2 heteroatoms. The summed E-state index contributed by atoms with van der Waals surface area (Å²) in [7, 11) is 0. The molecule has 1 fully saturated rings. The summed E-state index contributed by atoms with van der Waals surface area (Å²) in [5, 5.41) is 15.3. The van der Waals surface area contributed by atoms with Crippen molar-refractivity contribution in [1.82, 2.24) is 0 Å². The van der Waals surface area contributed by atoms with Crippen molar-refractivity contribution in [3.8, 4) is 0 Å². The van der Waals surface area contributed by atoms with Crippen molar-refractivity contribution < 1.29 is 10.0 Å². The van der Waals surface area contributed by atoms with Gasteiger partial charge in [0.1, 0.15) is 19.2 Å². The van der Waals surface area contributed by atoms with Gasteiger partial charge >= 0.3 is 0 Å². The molecule has 0 aliphatic carbocycles. The fourth-order valence-electron chi connectivity index (χ4n) is 3.83. The summed E-state index contributed by atoms with van der Waals surface area (Å²) in [5.41, 5.74) is 1.43. The van der Waals surface area contributed by atoms with E-state index in [1.165, 1.54) is 32.0 Å². The monoisotopic (exact) mass is 292 g/mol. The summed E-state index contributed by atoms with van der Waals surface area (Å²) in [6, 6.07) is 19.6. The van der Waals surface area contributed by atoms with Gasteiger partial charge in [-0.3, -0.25) is 0 Å². The average molecular weight is 292 g/mol. The Morgan fingerprint density at radius 3 is 2.23 bits per heavy atom. The number of quaternary nitrogens is 1. The number of benzene rings is 3. The van der Waals surface area contributed by atoms with Crippen molar-refractivity contribution in [1.29, 1.82) is 0 Å². The zero-order valence-corrected chi connectivity index (χ0v) is 12.8. The van der Waals surface area contributed by atoms with E-state index in [1.54, 1.807) is 0 Å². The van der Waals surface area contributed by atoms with Gasteiger partial charge in [0.2, 0.25) is 0 Å². The van der Waals surface area contributed by atoms with Crippen LogP contribution in [0.25, 0.3) is 21.5 Å². The van der Waals surface area contributed by atoms with Crippen molar-refractivity contribution in [3.63, 3.8) is 0 Å². The zero-order chi connectivity index (χ0) is 14.9. The maximum absolute atomic E-state index is 9.96. The number of piperidine rings is 1. The first-order valence-electron chi connectivity index (χ1n) is 8.22. The predicted octanol–water partition coefficient (Wildman–Crippen LogP) is 2.53. The molecule has 0 aromatic heterocycles. The van der Waals surface area contributed by atoms with E-state index in [9.17, 15) is 5.11 Å². The number of aliphatic hydroxyl groups excluding tert-OH is 1. The lowest BCUT2D eigenvalue weighted by Crippen LogP contribution is -3.12. The van der Waals surface area contributed by atoms with Crippen LogP contribution >= 0.6 is 0 Å². The van der Waals surface area contributed by atoms with Gasteiger partial charge in [-0.2, -0.15) is 0 Å². The zero-order valence-electron chi connectivity index (χ0n) is 12.8. The molecular formula is C20H22NO+. The van der Waals surface area contributed by atoms with Crippen LogP contribution in [-0.2, 0) is 6.54 Å². The Bertz CT molecular complexity index is 757. The van der Waals surface area contributed by atoms with E-state index < -0.39 is 0 Å².